The molecule has 1 aliphatic heterocycles. The summed E-state index contributed by atoms with van der Waals surface area (Å²) in [7, 11) is -6.66. The summed E-state index contributed by atoms with van der Waals surface area (Å²) in [6, 6.07) is 1.24. The van der Waals surface area contributed by atoms with Gasteiger partial charge in [0.15, 0.2) is 16.6 Å². The van der Waals surface area contributed by atoms with Gasteiger partial charge < -0.3 is 13.3 Å². The maximum Gasteiger partial charge on any atom is 0.205 e. The van der Waals surface area contributed by atoms with Gasteiger partial charge in [-0.15, -0.1) is 0 Å². The molecule has 1 saturated heterocycles. The van der Waals surface area contributed by atoms with Gasteiger partial charge in [0.05, 0.1) is 18.9 Å². The Kier molecular flexibility index (Phi) is 9.63. The van der Waals surface area contributed by atoms with E-state index in [1.54, 1.807) is 0 Å². The second-order valence-corrected chi connectivity index (χ2v) is 29.6. The summed E-state index contributed by atoms with van der Waals surface area (Å²) in [6.45, 7) is 35.8. The largest absolute Gasteiger partial charge is 0.414 e. The highest BCUT2D eigenvalue weighted by atomic mass is 28.4. The Balaban J connectivity index is 3.31. The number of rotatable bonds is 14. The van der Waals surface area contributed by atoms with E-state index in [-0.39, 0.29) is 21.1 Å². The van der Waals surface area contributed by atoms with Gasteiger partial charge in [0.2, 0.25) is 9.04 Å². The SMILES string of the molecule is CCC(CC)(O[Si](C)(C)C)[SiH](C)OC(C)(CC)C1(CC)C[Si]1(C)OC(C)(CC)[Si](C)(C)C. The summed E-state index contributed by atoms with van der Waals surface area (Å²) in [5, 5.41) is 0.179. The fourth-order valence-corrected chi connectivity index (χ4v) is 21.0. The number of hydrogen-bond donors (Lipinski definition) is 0. The van der Waals surface area contributed by atoms with Gasteiger partial charge in [0.1, 0.15) is 0 Å². The van der Waals surface area contributed by atoms with Gasteiger partial charge in [-0.1, -0.05) is 54.3 Å². The van der Waals surface area contributed by atoms with Crippen LogP contribution in [0.5, 0.6) is 0 Å². The summed E-state index contributed by atoms with van der Waals surface area (Å²) in [5.41, 5.74) is -0.124. The van der Waals surface area contributed by atoms with Gasteiger partial charge >= 0.3 is 0 Å². The van der Waals surface area contributed by atoms with Crippen molar-refractivity contribution in [3.05, 3.63) is 0 Å². The van der Waals surface area contributed by atoms with E-state index in [9.17, 15) is 0 Å². The van der Waals surface area contributed by atoms with E-state index < -0.39 is 33.7 Å². The fraction of sp³-hybridized carbons (Fsp3) is 1.00. The first-order chi connectivity index (χ1) is 14.3. The van der Waals surface area contributed by atoms with E-state index in [1.165, 1.54) is 6.04 Å². The minimum Gasteiger partial charge on any atom is -0.414 e. The molecule has 1 rings (SSSR count). The summed E-state index contributed by atoms with van der Waals surface area (Å²) < 4.78 is 21.5. The molecule has 1 fully saturated rings. The standard InChI is InChI=1S/C25H58O3Si4/c1-16-22(6,26-29(8)25(19-4,20-5)28-31(12,13)14)24(18-3)21-32(24,15)27-23(7,17-2)30(9,10)11/h29H,16-21H2,1-15H3. The van der Waals surface area contributed by atoms with Gasteiger partial charge in [-0.2, -0.15) is 0 Å². The van der Waals surface area contributed by atoms with E-state index in [4.69, 9.17) is 13.3 Å². The molecule has 0 amide bonds. The molecule has 0 aromatic carbocycles. The third-order valence-corrected chi connectivity index (χ3v) is 22.6. The van der Waals surface area contributed by atoms with Crippen LogP contribution in [0.3, 0.4) is 0 Å². The molecular weight excluding hydrogens is 461 g/mol. The highest BCUT2D eigenvalue weighted by molar-refractivity contribution is 6.89. The first kappa shape index (κ1) is 30.8. The van der Waals surface area contributed by atoms with E-state index >= 15 is 0 Å². The molecule has 5 unspecified atom stereocenters. The zero-order chi connectivity index (χ0) is 25.4. The lowest BCUT2D eigenvalue weighted by atomic mass is 9.86. The predicted octanol–water partition coefficient (Wildman–Crippen LogP) is 8.28. The summed E-state index contributed by atoms with van der Waals surface area (Å²) in [6.07, 6.45) is 5.42. The first-order valence-electron chi connectivity index (χ1n) is 13.4. The average Bonchev–Trinajstić information content (AvgIpc) is 3.29. The Hall–Kier alpha value is 0.748. The van der Waals surface area contributed by atoms with E-state index in [0.29, 0.717) is 0 Å². The van der Waals surface area contributed by atoms with Crippen LogP contribution in [0.2, 0.25) is 63.5 Å². The van der Waals surface area contributed by atoms with E-state index in [1.807, 2.05) is 0 Å². The predicted molar refractivity (Wildman–Crippen MR) is 153 cm³/mol. The van der Waals surface area contributed by atoms with Gasteiger partial charge in [0.25, 0.3) is 0 Å². The van der Waals surface area contributed by atoms with Crippen molar-refractivity contribution in [1.82, 2.24) is 0 Å². The molecule has 0 saturated carbocycles. The molecular formula is C25H58O3Si4. The van der Waals surface area contributed by atoms with Gasteiger partial charge in [-0.05, 0) is 84.7 Å². The van der Waals surface area contributed by atoms with Crippen molar-refractivity contribution in [1.29, 1.82) is 0 Å². The molecule has 0 N–H and O–H groups in total. The molecule has 192 valence electrons. The Morgan fingerprint density at radius 1 is 0.875 bits per heavy atom. The molecule has 5 atom stereocenters. The van der Waals surface area contributed by atoms with Crippen LogP contribution in [0.15, 0.2) is 0 Å². The second kappa shape index (κ2) is 10.0. The Morgan fingerprint density at radius 3 is 1.69 bits per heavy atom. The van der Waals surface area contributed by atoms with Crippen LogP contribution < -0.4 is 0 Å². The van der Waals surface area contributed by atoms with Crippen LogP contribution in [0.1, 0.15) is 80.6 Å². The van der Waals surface area contributed by atoms with Crippen molar-refractivity contribution >= 4 is 33.7 Å². The molecule has 0 bridgehead atoms. The van der Waals surface area contributed by atoms with Gasteiger partial charge in [-0.25, -0.2) is 0 Å². The number of hydrogen-bond acceptors (Lipinski definition) is 3. The Bertz CT molecular complexity index is 628. The summed E-state index contributed by atoms with van der Waals surface area (Å²) >= 11 is 0. The maximum absolute atomic E-state index is 7.33. The van der Waals surface area contributed by atoms with Crippen molar-refractivity contribution in [2.24, 2.45) is 0 Å². The normalized spacial score (nSPS) is 29.3. The molecule has 0 radical (unpaired) electrons. The lowest BCUT2D eigenvalue weighted by molar-refractivity contribution is 0.0131. The third-order valence-electron chi connectivity index (χ3n) is 9.41. The van der Waals surface area contributed by atoms with Crippen LogP contribution in [0.25, 0.3) is 0 Å². The highest BCUT2D eigenvalue weighted by Crippen LogP contribution is 2.74. The minimum absolute atomic E-state index is 0.0418. The highest BCUT2D eigenvalue weighted by Gasteiger charge is 2.76. The van der Waals surface area contributed by atoms with Crippen LogP contribution in [-0.4, -0.2) is 49.8 Å². The maximum atomic E-state index is 7.33. The van der Waals surface area contributed by atoms with E-state index in [2.05, 4.69) is 101 Å². The van der Waals surface area contributed by atoms with Crippen molar-refractivity contribution in [2.75, 3.05) is 0 Å². The smallest absolute Gasteiger partial charge is 0.205 e. The van der Waals surface area contributed by atoms with Gasteiger partial charge in [-0.3, -0.25) is 0 Å². The quantitative estimate of drug-likeness (QED) is 0.216. The monoisotopic (exact) mass is 518 g/mol. The molecule has 7 heteroatoms. The lowest BCUT2D eigenvalue weighted by Gasteiger charge is -2.49. The zero-order valence-electron chi connectivity index (χ0n) is 24.5. The van der Waals surface area contributed by atoms with Crippen molar-refractivity contribution in [3.8, 4) is 0 Å². The van der Waals surface area contributed by atoms with Crippen LogP contribution in [0.4, 0.5) is 0 Å². The van der Waals surface area contributed by atoms with E-state index in [0.717, 1.165) is 32.1 Å². The van der Waals surface area contributed by atoms with Crippen molar-refractivity contribution < 1.29 is 13.3 Å². The third kappa shape index (κ3) is 5.59. The Labute approximate surface area is 206 Å². The molecule has 0 aromatic rings. The molecule has 1 aliphatic rings. The molecule has 0 spiro atoms. The topological polar surface area (TPSA) is 27.7 Å². The molecule has 0 aliphatic carbocycles. The molecule has 32 heavy (non-hydrogen) atoms. The van der Waals surface area contributed by atoms with Crippen LogP contribution >= 0.6 is 0 Å². The summed E-state index contributed by atoms with van der Waals surface area (Å²) in [4.78, 5) is 0. The average molecular weight is 519 g/mol. The minimum atomic E-state index is -1.90. The van der Waals surface area contributed by atoms with Crippen LogP contribution in [-0.2, 0) is 13.3 Å². The van der Waals surface area contributed by atoms with Crippen molar-refractivity contribution in [3.63, 3.8) is 0 Å². The fourth-order valence-electron chi connectivity index (χ4n) is 6.23. The van der Waals surface area contributed by atoms with Gasteiger partial charge in [0, 0.05) is 10.3 Å². The zero-order valence-corrected chi connectivity index (χ0v) is 28.7. The van der Waals surface area contributed by atoms with Crippen molar-refractivity contribution in [2.45, 2.75) is 160 Å². The Morgan fingerprint density at radius 2 is 1.38 bits per heavy atom. The summed E-state index contributed by atoms with van der Waals surface area (Å²) in [5.74, 6) is 0. The first-order valence-corrected chi connectivity index (χ1v) is 25.1. The lowest BCUT2D eigenvalue weighted by Crippen LogP contribution is -2.58. The molecule has 0 aromatic heterocycles. The van der Waals surface area contributed by atoms with Crippen LogP contribution in [0, 0.1) is 0 Å². The molecule has 3 nitrogen and oxygen atoms in total. The second-order valence-electron chi connectivity index (χ2n) is 13.1. The molecule has 1 heterocycles.